The zero-order chi connectivity index (χ0) is 28.2. The molecule has 1 unspecified atom stereocenters. The molecule has 0 N–H and O–H groups in total. The van der Waals surface area contributed by atoms with Crippen LogP contribution >= 0.6 is 0 Å². The number of carbonyl (C=O) groups is 1. The number of pyridine rings is 1. The number of benzene rings is 2. The Morgan fingerprint density at radius 1 is 0.949 bits per heavy atom. The zero-order valence-corrected chi connectivity index (χ0v) is 19.6. The fourth-order valence-corrected chi connectivity index (χ4v) is 3.36. The van der Waals surface area contributed by atoms with Crippen molar-refractivity contribution in [1.82, 2.24) is 19.7 Å². The lowest BCUT2D eigenvalue weighted by atomic mass is 10.1. The van der Waals surface area contributed by atoms with Crippen molar-refractivity contribution in [3.05, 3.63) is 90.0 Å². The highest BCUT2D eigenvalue weighted by atomic mass is 19.4. The number of aromatic nitrogens is 4. The summed E-state index contributed by atoms with van der Waals surface area (Å²) in [6, 6.07) is 13.5. The molecule has 1 atom stereocenters. The van der Waals surface area contributed by atoms with Crippen LogP contribution < -0.4 is 4.74 Å². The number of hydrogen-bond acceptors (Lipinski definition) is 6. The first-order chi connectivity index (χ1) is 18.4. The number of esters is 1. The normalized spacial score (nSPS) is 12.4. The maximum Gasteiger partial charge on any atom is 0.573 e. The summed E-state index contributed by atoms with van der Waals surface area (Å²) in [7, 11) is 0. The lowest BCUT2D eigenvalue weighted by Gasteiger charge is -2.13. The fraction of sp³-hybridized carbons (Fsp3) is 0.154. The quantitative estimate of drug-likeness (QED) is 0.168. The second kappa shape index (κ2) is 10.9. The Balaban J connectivity index is 1.37. The van der Waals surface area contributed by atoms with E-state index in [-0.39, 0.29) is 17.7 Å². The summed E-state index contributed by atoms with van der Waals surface area (Å²) in [6.07, 6.45) is -3.10. The number of ether oxygens (including phenoxy) is 2. The number of nitrogens with zero attached hydrogens (tertiary/aromatic N) is 4. The molecule has 2 heterocycles. The van der Waals surface area contributed by atoms with Gasteiger partial charge in [0.2, 0.25) is 0 Å². The molecule has 0 amide bonds. The summed E-state index contributed by atoms with van der Waals surface area (Å²) in [6.45, 7) is 0. The molecule has 0 radical (unpaired) electrons. The van der Waals surface area contributed by atoms with Gasteiger partial charge < -0.3 is 9.47 Å². The molecule has 0 aliphatic rings. The molecule has 200 valence electrons. The number of halogens is 6. The van der Waals surface area contributed by atoms with Gasteiger partial charge >= 0.3 is 18.5 Å². The fourth-order valence-electron chi connectivity index (χ4n) is 3.36. The minimum atomic E-state index is -4.79. The Morgan fingerprint density at radius 3 is 2.21 bits per heavy atom. The molecule has 2 aromatic carbocycles. The summed E-state index contributed by atoms with van der Waals surface area (Å²) in [5.74, 6) is 1.46. The number of terminal acetylenes is 1. The van der Waals surface area contributed by atoms with Gasteiger partial charge in [0.15, 0.2) is 11.9 Å². The Labute approximate surface area is 217 Å². The smallest absolute Gasteiger partial charge is 0.444 e. The Morgan fingerprint density at radius 2 is 1.64 bits per heavy atom. The largest absolute Gasteiger partial charge is 0.573 e. The van der Waals surface area contributed by atoms with E-state index in [1.807, 2.05) is 0 Å². The van der Waals surface area contributed by atoms with E-state index in [1.54, 1.807) is 24.3 Å². The van der Waals surface area contributed by atoms with Gasteiger partial charge in [0.05, 0.1) is 12.1 Å². The molecule has 4 rings (SSSR count). The average molecular weight is 546 g/mol. The summed E-state index contributed by atoms with van der Waals surface area (Å²) in [4.78, 5) is 19.9. The highest BCUT2D eigenvalue weighted by Crippen LogP contribution is 2.29. The van der Waals surface area contributed by atoms with E-state index in [0.29, 0.717) is 22.6 Å². The molecule has 0 aliphatic heterocycles. The standard InChI is InChI=1S/C26H16F6N4O3/c1-2-21(18-7-12-22(33-14-18)25(27,28)29)38-23(37)13-16-3-5-17(6-4-16)24-34-15-36(35-24)19-8-10-20(11-9-19)39-26(30,31)32/h1,3-12,14-15,21H,13H2. The van der Waals surface area contributed by atoms with E-state index in [1.165, 1.54) is 23.1 Å². The number of rotatable bonds is 7. The minimum absolute atomic E-state index is 0.123. The lowest BCUT2D eigenvalue weighted by Crippen LogP contribution is -2.17. The van der Waals surface area contributed by atoms with Crippen molar-refractivity contribution in [2.75, 3.05) is 0 Å². The third-order valence-corrected chi connectivity index (χ3v) is 5.17. The van der Waals surface area contributed by atoms with E-state index in [2.05, 4.69) is 25.7 Å². The van der Waals surface area contributed by atoms with Gasteiger partial charge in [-0.1, -0.05) is 36.3 Å². The molecule has 2 aromatic heterocycles. The van der Waals surface area contributed by atoms with Crippen LogP contribution in [-0.4, -0.2) is 32.1 Å². The van der Waals surface area contributed by atoms with Crippen LogP contribution in [0.15, 0.2) is 73.2 Å². The van der Waals surface area contributed by atoms with Crippen LogP contribution in [0.5, 0.6) is 5.75 Å². The molecule has 0 spiro atoms. The molecule has 13 heteroatoms. The Kier molecular flexibility index (Phi) is 7.57. The third kappa shape index (κ3) is 7.13. The van der Waals surface area contributed by atoms with Crippen molar-refractivity contribution < 1.29 is 40.6 Å². The topological polar surface area (TPSA) is 79.1 Å². The molecule has 7 nitrogen and oxygen atoms in total. The van der Waals surface area contributed by atoms with E-state index in [9.17, 15) is 31.1 Å². The highest BCUT2D eigenvalue weighted by molar-refractivity contribution is 5.73. The van der Waals surface area contributed by atoms with Crippen LogP contribution in [0.1, 0.15) is 22.9 Å². The molecule has 0 aliphatic carbocycles. The summed E-state index contributed by atoms with van der Waals surface area (Å²) in [5.41, 5.74) is 0.638. The van der Waals surface area contributed by atoms with E-state index in [4.69, 9.17) is 11.2 Å². The van der Waals surface area contributed by atoms with Crippen molar-refractivity contribution in [2.24, 2.45) is 0 Å². The van der Waals surface area contributed by atoms with Crippen LogP contribution in [-0.2, 0) is 22.1 Å². The molecule has 0 saturated carbocycles. The number of hydrogen-bond donors (Lipinski definition) is 0. The van der Waals surface area contributed by atoms with Crippen molar-refractivity contribution in [2.45, 2.75) is 25.1 Å². The van der Waals surface area contributed by atoms with Crippen molar-refractivity contribution >= 4 is 5.97 Å². The lowest BCUT2D eigenvalue weighted by molar-refractivity contribution is -0.274. The van der Waals surface area contributed by atoms with Gasteiger partial charge in [-0.15, -0.1) is 24.7 Å². The molecule has 4 aromatic rings. The first kappa shape index (κ1) is 27.2. The molecular weight excluding hydrogens is 530 g/mol. The van der Waals surface area contributed by atoms with Crippen molar-refractivity contribution in [3.63, 3.8) is 0 Å². The van der Waals surface area contributed by atoms with Gasteiger partial charge in [-0.3, -0.25) is 9.78 Å². The van der Waals surface area contributed by atoms with Gasteiger partial charge in [0, 0.05) is 17.3 Å². The van der Waals surface area contributed by atoms with Crippen LogP contribution in [0.3, 0.4) is 0 Å². The molecule has 0 fully saturated rings. The van der Waals surface area contributed by atoms with Gasteiger partial charge in [-0.25, -0.2) is 9.67 Å². The van der Waals surface area contributed by atoms with Gasteiger partial charge in [-0.05, 0) is 35.9 Å². The van der Waals surface area contributed by atoms with Gasteiger partial charge in [0.1, 0.15) is 17.8 Å². The average Bonchev–Trinajstić information content (AvgIpc) is 3.37. The van der Waals surface area contributed by atoms with E-state index >= 15 is 0 Å². The maximum atomic E-state index is 12.7. The first-order valence-electron chi connectivity index (χ1n) is 11.0. The molecule has 0 bridgehead atoms. The molecule has 39 heavy (non-hydrogen) atoms. The van der Waals surface area contributed by atoms with Crippen LogP contribution in [0.25, 0.3) is 17.1 Å². The summed E-state index contributed by atoms with van der Waals surface area (Å²) in [5, 5.41) is 4.30. The first-order valence-corrected chi connectivity index (χ1v) is 11.0. The van der Waals surface area contributed by atoms with Crippen LogP contribution in [0.2, 0.25) is 0 Å². The van der Waals surface area contributed by atoms with Crippen molar-refractivity contribution in [3.8, 4) is 35.2 Å². The van der Waals surface area contributed by atoms with E-state index in [0.717, 1.165) is 30.5 Å². The second-order valence-corrected chi connectivity index (χ2v) is 7.94. The van der Waals surface area contributed by atoms with E-state index < -0.39 is 30.3 Å². The summed E-state index contributed by atoms with van der Waals surface area (Å²) < 4.78 is 85.5. The number of alkyl halides is 6. The van der Waals surface area contributed by atoms with Crippen molar-refractivity contribution in [1.29, 1.82) is 0 Å². The predicted octanol–water partition coefficient (Wildman–Crippen LogP) is 5.71. The monoisotopic (exact) mass is 546 g/mol. The number of carbonyl (C=O) groups excluding carboxylic acids is 1. The Bertz CT molecular complexity index is 1470. The van der Waals surface area contributed by atoms with Crippen LogP contribution in [0.4, 0.5) is 26.3 Å². The molecule has 0 saturated heterocycles. The van der Waals surface area contributed by atoms with Crippen LogP contribution in [0, 0.1) is 12.3 Å². The maximum absolute atomic E-state index is 12.7. The highest BCUT2D eigenvalue weighted by Gasteiger charge is 2.32. The molecular formula is C26H16F6N4O3. The predicted molar refractivity (Wildman–Crippen MR) is 124 cm³/mol. The minimum Gasteiger partial charge on any atom is -0.444 e. The Hall–Kier alpha value is -4.86. The SMILES string of the molecule is C#CC(OC(=O)Cc1ccc(-c2ncn(-c3ccc(OC(F)(F)F)cc3)n2)cc1)c1ccc(C(F)(F)F)nc1. The zero-order valence-electron chi connectivity index (χ0n) is 19.6. The summed E-state index contributed by atoms with van der Waals surface area (Å²) >= 11 is 0. The van der Waals surface area contributed by atoms with Gasteiger partial charge in [-0.2, -0.15) is 13.2 Å². The van der Waals surface area contributed by atoms with Gasteiger partial charge in [0.25, 0.3) is 0 Å². The third-order valence-electron chi connectivity index (χ3n) is 5.17. The second-order valence-electron chi connectivity index (χ2n) is 7.94.